The zero-order chi connectivity index (χ0) is 15.1. The van der Waals surface area contributed by atoms with Crippen molar-refractivity contribution in [1.82, 2.24) is 5.32 Å². The number of ether oxygens (including phenoxy) is 2. The Hall–Kier alpha value is -1.01. The van der Waals surface area contributed by atoms with Gasteiger partial charge in [0.15, 0.2) is 0 Å². The first-order valence-electron chi connectivity index (χ1n) is 7.11. The van der Waals surface area contributed by atoms with Gasteiger partial charge in [-0.05, 0) is 37.1 Å². The molecule has 2 rings (SSSR count). The normalized spacial score (nSPS) is 16.5. The van der Waals surface area contributed by atoms with E-state index in [1.165, 1.54) is 0 Å². The monoisotopic (exact) mass is 348 g/mol. The summed E-state index contributed by atoms with van der Waals surface area (Å²) in [5.41, 5.74) is 5.30. The van der Waals surface area contributed by atoms with Crippen LogP contribution in [0.1, 0.15) is 12.8 Å². The molecule has 7 heteroatoms. The minimum Gasteiger partial charge on any atom is -0.492 e. The van der Waals surface area contributed by atoms with Crippen molar-refractivity contribution in [2.75, 3.05) is 32.9 Å². The Morgan fingerprint density at radius 3 is 2.55 bits per heavy atom. The minimum atomic E-state index is -0.488. The summed E-state index contributed by atoms with van der Waals surface area (Å²) in [6, 6.07) is 7.12. The number of carbonyl (C=O) groups excluding carboxylic acids is 1. The molecule has 1 amide bonds. The van der Waals surface area contributed by atoms with Crippen molar-refractivity contribution < 1.29 is 14.3 Å². The first kappa shape index (κ1) is 19.0. The molecule has 0 unspecified atom stereocenters. The van der Waals surface area contributed by atoms with Crippen molar-refractivity contribution in [3.05, 3.63) is 29.3 Å². The van der Waals surface area contributed by atoms with Crippen LogP contribution in [0.4, 0.5) is 0 Å². The third-order valence-electron chi connectivity index (χ3n) is 3.79. The third kappa shape index (κ3) is 5.02. The summed E-state index contributed by atoms with van der Waals surface area (Å²) in [7, 11) is 0. The van der Waals surface area contributed by atoms with Crippen molar-refractivity contribution in [2.45, 2.75) is 12.8 Å². The largest absolute Gasteiger partial charge is 0.492 e. The molecule has 1 aromatic rings. The molecule has 1 heterocycles. The lowest BCUT2D eigenvalue weighted by molar-refractivity contribution is -0.136. The van der Waals surface area contributed by atoms with Gasteiger partial charge in [-0.2, -0.15) is 0 Å². The molecule has 0 spiro atoms. The maximum absolute atomic E-state index is 12.3. The summed E-state index contributed by atoms with van der Waals surface area (Å²) < 4.78 is 10.8. The maximum Gasteiger partial charge on any atom is 0.227 e. The van der Waals surface area contributed by atoms with E-state index in [1.807, 2.05) is 0 Å². The lowest BCUT2D eigenvalue weighted by atomic mass is 9.79. The summed E-state index contributed by atoms with van der Waals surface area (Å²) in [4.78, 5) is 12.3. The number of rotatable bonds is 6. The number of nitrogens with one attached hydrogen (secondary N) is 1. The highest BCUT2D eigenvalue weighted by atomic mass is 35.5. The number of carbonyl (C=O) groups is 1. The van der Waals surface area contributed by atoms with E-state index in [1.54, 1.807) is 24.3 Å². The lowest BCUT2D eigenvalue weighted by Crippen LogP contribution is -2.49. The number of halogens is 2. The molecular formula is C15H22Cl2N2O3. The highest BCUT2D eigenvalue weighted by Crippen LogP contribution is 2.29. The predicted molar refractivity (Wildman–Crippen MR) is 88.7 cm³/mol. The minimum absolute atomic E-state index is 0. The summed E-state index contributed by atoms with van der Waals surface area (Å²) in [6.45, 7) is 2.38. The van der Waals surface area contributed by atoms with Crippen molar-refractivity contribution >= 4 is 29.9 Å². The van der Waals surface area contributed by atoms with Gasteiger partial charge in [0.2, 0.25) is 5.91 Å². The van der Waals surface area contributed by atoms with Crippen LogP contribution >= 0.6 is 24.0 Å². The average Bonchev–Trinajstić information content (AvgIpc) is 2.53. The Kier molecular flexibility index (Phi) is 7.96. The van der Waals surface area contributed by atoms with Crippen LogP contribution < -0.4 is 15.8 Å². The fourth-order valence-electron chi connectivity index (χ4n) is 2.34. The first-order valence-corrected chi connectivity index (χ1v) is 7.49. The van der Waals surface area contributed by atoms with E-state index in [2.05, 4.69) is 5.32 Å². The second-order valence-electron chi connectivity index (χ2n) is 5.16. The molecule has 5 nitrogen and oxygen atoms in total. The molecule has 1 fully saturated rings. The number of nitrogens with two attached hydrogens (primary N) is 1. The standard InChI is InChI=1S/C15H21ClN2O3.ClH/c16-12-1-3-13(4-2-12)21-10-7-18-14(19)15(11-17)5-8-20-9-6-15;/h1-4H,5-11,17H2,(H,18,19);1H. The zero-order valence-corrected chi connectivity index (χ0v) is 13.9. The van der Waals surface area contributed by atoms with Gasteiger partial charge in [-0.15, -0.1) is 12.4 Å². The van der Waals surface area contributed by atoms with E-state index >= 15 is 0 Å². The molecule has 0 aromatic heterocycles. The quantitative estimate of drug-likeness (QED) is 0.771. The van der Waals surface area contributed by atoms with Crippen molar-refractivity contribution in [1.29, 1.82) is 0 Å². The van der Waals surface area contributed by atoms with Crippen LogP contribution in [0.25, 0.3) is 0 Å². The molecular weight excluding hydrogens is 327 g/mol. The molecule has 1 aromatic carbocycles. The molecule has 3 N–H and O–H groups in total. The van der Waals surface area contributed by atoms with E-state index in [-0.39, 0.29) is 18.3 Å². The number of benzene rings is 1. The highest BCUT2D eigenvalue weighted by molar-refractivity contribution is 6.30. The fraction of sp³-hybridized carbons (Fsp3) is 0.533. The van der Waals surface area contributed by atoms with Gasteiger partial charge < -0.3 is 20.5 Å². The molecule has 0 saturated carbocycles. The van der Waals surface area contributed by atoms with Crippen molar-refractivity contribution in [3.63, 3.8) is 0 Å². The molecule has 1 saturated heterocycles. The van der Waals surface area contributed by atoms with Gasteiger partial charge in [-0.1, -0.05) is 11.6 Å². The van der Waals surface area contributed by atoms with E-state index in [0.29, 0.717) is 50.8 Å². The summed E-state index contributed by atoms with van der Waals surface area (Å²) in [6.07, 6.45) is 1.35. The Bertz CT molecular complexity index is 462. The van der Waals surface area contributed by atoms with Gasteiger partial charge in [-0.25, -0.2) is 0 Å². The average molecular weight is 349 g/mol. The molecule has 0 atom stereocenters. The Balaban J connectivity index is 0.00000242. The van der Waals surface area contributed by atoms with Gasteiger partial charge in [-0.3, -0.25) is 4.79 Å². The second kappa shape index (κ2) is 9.20. The van der Waals surface area contributed by atoms with Gasteiger partial charge in [0.05, 0.1) is 12.0 Å². The molecule has 124 valence electrons. The van der Waals surface area contributed by atoms with Gasteiger partial charge in [0.25, 0.3) is 0 Å². The molecule has 22 heavy (non-hydrogen) atoms. The predicted octanol–water partition coefficient (Wildman–Crippen LogP) is 2.01. The molecule has 1 aliphatic rings. The van der Waals surface area contributed by atoms with Gasteiger partial charge in [0.1, 0.15) is 12.4 Å². The third-order valence-corrected chi connectivity index (χ3v) is 4.04. The Morgan fingerprint density at radius 2 is 1.95 bits per heavy atom. The number of amides is 1. The Labute approximate surface area is 141 Å². The van der Waals surface area contributed by atoms with E-state index in [4.69, 9.17) is 26.8 Å². The van der Waals surface area contributed by atoms with E-state index < -0.39 is 5.41 Å². The lowest BCUT2D eigenvalue weighted by Gasteiger charge is -2.34. The Morgan fingerprint density at radius 1 is 1.32 bits per heavy atom. The van der Waals surface area contributed by atoms with E-state index in [0.717, 1.165) is 5.75 Å². The SMILES string of the molecule is Cl.NCC1(C(=O)NCCOc2ccc(Cl)cc2)CCOCC1. The zero-order valence-electron chi connectivity index (χ0n) is 12.3. The summed E-state index contributed by atoms with van der Waals surface area (Å²) in [5.74, 6) is 0.723. The fourth-order valence-corrected chi connectivity index (χ4v) is 2.46. The first-order chi connectivity index (χ1) is 10.2. The van der Waals surface area contributed by atoms with Crippen LogP contribution in [0.2, 0.25) is 5.02 Å². The van der Waals surface area contributed by atoms with Crippen LogP contribution in [0.5, 0.6) is 5.75 Å². The van der Waals surface area contributed by atoms with Crippen LogP contribution in [0.3, 0.4) is 0 Å². The smallest absolute Gasteiger partial charge is 0.227 e. The highest BCUT2D eigenvalue weighted by Gasteiger charge is 2.38. The number of hydrogen-bond donors (Lipinski definition) is 2. The summed E-state index contributed by atoms with van der Waals surface area (Å²) >= 11 is 5.80. The molecule has 0 bridgehead atoms. The van der Waals surface area contributed by atoms with Crippen molar-refractivity contribution in [2.24, 2.45) is 11.1 Å². The summed E-state index contributed by atoms with van der Waals surface area (Å²) in [5, 5.41) is 3.57. The second-order valence-corrected chi connectivity index (χ2v) is 5.59. The van der Waals surface area contributed by atoms with Crippen LogP contribution in [0.15, 0.2) is 24.3 Å². The van der Waals surface area contributed by atoms with Crippen LogP contribution in [0, 0.1) is 5.41 Å². The van der Waals surface area contributed by atoms with E-state index in [9.17, 15) is 4.79 Å². The molecule has 0 radical (unpaired) electrons. The molecule has 0 aliphatic carbocycles. The number of hydrogen-bond acceptors (Lipinski definition) is 4. The maximum atomic E-state index is 12.3. The van der Waals surface area contributed by atoms with Crippen LogP contribution in [-0.4, -0.2) is 38.8 Å². The van der Waals surface area contributed by atoms with Crippen molar-refractivity contribution in [3.8, 4) is 5.75 Å². The van der Waals surface area contributed by atoms with Gasteiger partial charge >= 0.3 is 0 Å². The van der Waals surface area contributed by atoms with Crippen LogP contribution in [-0.2, 0) is 9.53 Å². The van der Waals surface area contributed by atoms with Gasteiger partial charge in [0, 0.05) is 24.8 Å². The topological polar surface area (TPSA) is 73.6 Å². The molecule has 1 aliphatic heterocycles.